The predicted molar refractivity (Wildman–Crippen MR) is 165 cm³/mol. The zero-order chi connectivity index (χ0) is 29.9. The zero-order valence-corrected chi connectivity index (χ0v) is 24.2. The van der Waals surface area contributed by atoms with Gasteiger partial charge in [-0.15, -0.1) is 0 Å². The molecule has 1 N–H and O–H groups in total. The van der Waals surface area contributed by atoms with Gasteiger partial charge in [0.1, 0.15) is 11.4 Å². The summed E-state index contributed by atoms with van der Waals surface area (Å²) in [5, 5.41) is 8.22. The number of nitrogens with zero attached hydrogens (tertiary/aromatic N) is 3. The van der Waals surface area contributed by atoms with Gasteiger partial charge >= 0.3 is 0 Å². The highest BCUT2D eigenvalue weighted by Gasteiger charge is 2.17. The minimum Gasteiger partial charge on any atom is -0.493 e. The summed E-state index contributed by atoms with van der Waals surface area (Å²) in [5.74, 6) is 0.0839. The van der Waals surface area contributed by atoms with Crippen LogP contribution in [0.1, 0.15) is 5.56 Å². The van der Waals surface area contributed by atoms with Crippen molar-refractivity contribution in [3.05, 3.63) is 117 Å². The number of ether oxygens (including phenoxy) is 2. The van der Waals surface area contributed by atoms with Gasteiger partial charge in [-0.2, -0.15) is 9.78 Å². The average molecular weight is 641 g/mol. The number of fused-ring (bicyclic) bond motifs is 2. The van der Waals surface area contributed by atoms with Crippen LogP contribution in [0.3, 0.4) is 0 Å². The molecule has 6 rings (SSSR count). The Morgan fingerprint density at radius 1 is 1.07 bits per heavy atom. The van der Waals surface area contributed by atoms with E-state index >= 15 is 0 Å². The molecule has 0 unspecified atom stereocenters. The molecule has 2 heterocycles. The standard InChI is InChI=1S/C32H22BrFN4O5/c1-41-27-15-19(14-22(33)30(27)42-18-29(39)36-25-12-6-4-10-23(25)34)17-35-38-31(28-16-20-8-2-7-13-26(20)43-28)37-24-11-5-3-9-21(24)32(38)40/h2-17H,18H2,1H3,(H,36,39). The Labute approximate surface area is 252 Å². The Morgan fingerprint density at radius 2 is 1.84 bits per heavy atom. The highest BCUT2D eigenvalue weighted by Crippen LogP contribution is 2.36. The maximum atomic E-state index is 13.9. The fourth-order valence-electron chi connectivity index (χ4n) is 4.45. The van der Waals surface area contributed by atoms with E-state index in [4.69, 9.17) is 18.9 Å². The van der Waals surface area contributed by atoms with Gasteiger partial charge in [-0.1, -0.05) is 42.5 Å². The lowest BCUT2D eigenvalue weighted by molar-refractivity contribution is -0.118. The van der Waals surface area contributed by atoms with Crippen LogP contribution in [0.15, 0.2) is 110 Å². The second-order valence-electron chi connectivity index (χ2n) is 9.31. The molecule has 0 aliphatic heterocycles. The molecule has 0 aliphatic rings. The van der Waals surface area contributed by atoms with Gasteiger partial charge in [0, 0.05) is 5.39 Å². The van der Waals surface area contributed by atoms with Crippen LogP contribution in [-0.4, -0.2) is 35.5 Å². The second kappa shape index (κ2) is 11.9. The van der Waals surface area contributed by atoms with Gasteiger partial charge in [-0.3, -0.25) is 9.59 Å². The van der Waals surface area contributed by atoms with E-state index in [1.54, 1.807) is 36.4 Å². The summed E-state index contributed by atoms with van der Waals surface area (Å²) >= 11 is 3.46. The van der Waals surface area contributed by atoms with E-state index < -0.39 is 18.3 Å². The van der Waals surface area contributed by atoms with Crippen molar-refractivity contribution < 1.29 is 23.1 Å². The molecule has 0 spiro atoms. The SMILES string of the molecule is COc1cc(C=Nn2c(-c3cc4ccccc4o3)nc3ccccc3c2=O)cc(Br)c1OCC(=O)Nc1ccccc1F. The van der Waals surface area contributed by atoms with Gasteiger partial charge in [-0.05, 0) is 70.0 Å². The van der Waals surface area contributed by atoms with E-state index in [0.29, 0.717) is 38.0 Å². The van der Waals surface area contributed by atoms with E-state index in [0.717, 1.165) is 5.39 Å². The number of halogens is 2. The number of carbonyl (C=O) groups is 1. The average Bonchev–Trinajstić information content (AvgIpc) is 3.45. The molecular weight excluding hydrogens is 619 g/mol. The monoisotopic (exact) mass is 640 g/mol. The summed E-state index contributed by atoms with van der Waals surface area (Å²) in [6.45, 7) is -0.393. The van der Waals surface area contributed by atoms with Gasteiger partial charge in [0.2, 0.25) is 5.82 Å². The summed E-state index contributed by atoms with van der Waals surface area (Å²) in [6.07, 6.45) is 1.48. The number of anilines is 1. The number of hydrogen-bond acceptors (Lipinski definition) is 7. The van der Waals surface area contributed by atoms with Gasteiger partial charge in [-0.25, -0.2) is 9.37 Å². The third kappa shape index (κ3) is 5.75. The molecule has 11 heteroatoms. The Kier molecular flexibility index (Phi) is 7.71. The largest absolute Gasteiger partial charge is 0.493 e. The molecule has 0 saturated heterocycles. The van der Waals surface area contributed by atoms with Gasteiger partial charge in [0.05, 0.1) is 34.4 Å². The molecule has 214 valence electrons. The molecule has 0 aliphatic carbocycles. The highest BCUT2D eigenvalue weighted by molar-refractivity contribution is 9.10. The second-order valence-corrected chi connectivity index (χ2v) is 10.2. The molecule has 2 aromatic heterocycles. The van der Waals surface area contributed by atoms with Crippen LogP contribution in [0.2, 0.25) is 0 Å². The minimum absolute atomic E-state index is 0.0501. The molecule has 43 heavy (non-hydrogen) atoms. The van der Waals surface area contributed by atoms with Gasteiger partial charge < -0.3 is 19.2 Å². The lowest BCUT2D eigenvalue weighted by atomic mass is 10.2. The van der Waals surface area contributed by atoms with Gasteiger partial charge in [0.15, 0.2) is 23.9 Å². The van der Waals surface area contributed by atoms with Crippen LogP contribution in [0.4, 0.5) is 10.1 Å². The van der Waals surface area contributed by atoms with E-state index in [1.165, 1.54) is 36.2 Å². The van der Waals surface area contributed by atoms with E-state index in [2.05, 4.69) is 26.3 Å². The Balaban J connectivity index is 1.31. The number of benzene rings is 4. The first-order valence-corrected chi connectivity index (χ1v) is 13.8. The lowest BCUT2D eigenvalue weighted by Gasteiger charge is -2.14. The number of aromatic nitrogens is 2. The molecule has 0 atom stereocenters. The van der Waals surface area contributed by atoms with E-state index in [9.17, 15) is 14.0 Å². The molecule has 9 nitrogen and oxygen atoms in total. The van der Waals surface area contributed by atoms with Crippen molar-refractivity contribution in [2.24, 2.45) is 5.10 Å². The topological polar surface area (TPSA) is 108 Å². The molecule has 6 aromatic rings. The fraction of sp³-hybridized carbons (Fsp3) is 0.0625. The van der Waals surface area contributed by atoms with Crippen molar-refractivity contribution >= 4 is 55.6 Å². The summed E-state index contributed by atoms with van der Waals surface area (Å²) in [7, 11) is 1.45. The van der Waals surface area contributed by atoms with Crippen molar-refractivity contribution in [3.8, 4) is 23.1 Å². The molecule has 0 fully saturated rings. The van der Waals surface area contributed by atoms with Crippen LogP contribution in [-0.2, 0) is 4.79 Å². The number of nitrogens with one attached hydrogen (secondary N) is 1. The summed E-state index contributed by atoms with van der Waals surface area (Å²) < 4.78 is 32.7. The number of amides is 1. The van der Waals surface area contributed by atoms with Crippen molar-refractivity contribution in [1.82, 2.24) is 9.66 Å². The van der Waals surface area contributed by atoms with Crippen LogP contribution in [0.25, 0.3) is 33.5 Å². The molecule has 0 radical (unpaired) electrons. The zero-order valence-electron chi connectivity index (χ0n) is 22.6. The fourth-order valence-corrected chi connectivity index (χ4v) is 5.02. The third-order valence-electron chi connectivity index (χ3n) is 6.47. The molecule has 0 bridgehead atoms. The van der Waals surface area contributed by atoms with Crippen LogP contribution < -0.4 is 20.3 Å². The van der Waals surface area contributed by atoms with Crippen molar-refractivity contribution in [2.75, 3.05) is 19.0 Å². The van der Waals surface area contributed by atoms with Crippen molar-refractivity contribution in [2.45, 2.75) is 0 Å². The summed E-state index contributed by atoms with van der Waals surface area (Å²) in [4.78, 5) is 30.6. The lowest BCUT2D eigenvalue weighted by Crippen LogP contribution is -2.21. The molecule has 4 aromatic carbocycles. The maximum Gasteiger partial charge on any atom is 0.282 e. The summed E-state index contributed by atoms with van der Waals surface area (Å²) in [5.41, 5.74) is 1.41. The first-order valence-electron chi connectivity index (χ1n) is 13.0. The van der Waals surface area contributed by atoms with Crippen molar-refractivity contribution in [3.63, 3.8) is 0 Å². The van der Waals surface area contributed by atoms with E-state index in [1.807, 2.05) is 36.4 Å². The summed E-state index contributed by atoms with van der Waals surface area (Å²) in [6, 6.07) is 25.5. The quantitative estimate of drug-likeness (QED) is 0.187. The van der Waals surface area contributed by atoms with Crippen molar-refractivity contribution in [1.29, 1.82) is 0 Å². The van der Waals surface area contributed by atoms with Crippen LogP contribution >= 0.6 is 15.9 Å². The van der Waals surface area contributed by atoms with Crippen LogP contribution in [0, 0.1) is 5.82 Å². The highest BCUT2D eigenvalue weighted by atomic mass is 79.9. The first-order chi connectivity index (χ1) is 20.9. The minimum atomic E-state index is -0.553. The predicted octanol–water partition coefficient (Wildman–Crippen LogP) is 6.62. The smallest absolute Gasteiger partial charge is 0.282 e. The number of methoxy groups -OCH3 is 1. The maximum absolute atomic E-state index is 13.9. The number of carbonyl (C=O) groups excluding carboxylic acids is 1. The Bertz CT molecular complexity index is 2060. The number of hydrogen-bond donors (Lipinski definition) is 1. The molecule has 1 amide bonds. The van der Waals surface area contributed by atoms with Gasteiger partial charge in [0.25, 0.3) is 11.5 Å². The number of furan rings is 1. The Hall–Kier alpha value is -5.29. The Morgan fingerprint density at radius 3 is 2.65 bits per heavy atom. The normalized spacial score (nSPS) is 11.3. The molecular formula is C32H22BrFN4O5. The molecule has 0 saturated carbocycles. The number of para-hydroxylation sites is 3. The first kappa shape index (κ1) is 27.9. The van der Waals surface area contributed by atoms with E-state index in [-0.39, 0.29) is 22.8 Å². The van der Waals surface area contributed by atoms with Crippen LogP contribution in [0.5, 0.6) is 11.5 Å². The number of rotatable bonds is 8. The third-order valence-corrected chi connectivity index (χ3v) is 7.06.